The number of hydrogen-bond acceptors (Lipinski definition) is 3. The van der Waals surface area contributed by atoms with Gasteiger partial charge in [0.1, 0.15) is 5.52 Å². The van der Waals surface area contributed by atoms with Crippen molar-refractivity contribution in [2.75, 3.05) is 0 Å². The van der Waals surface area contributed by atoms with E-state index in [1.54, 1.807) is 0 Å². The van der Waals surface area contributed by atoms with E-state index in [4.69, 9.17) is 10.7 Å². The minimum Gasteiger partial charge on any atom is -0.370 e. The topological polar surface area (TPSA) is 73.8 Å². The van der Waals surface area contributed by atoms with Crippen molar-refractivity contribution in [2.45, 2.75) is 45.1 Å². The summed E-state index contributed by atoms with van der Waals surface area (Å²) in [6.45, 7) is 2.81. The van der Waals surface area contributed by atoms with Crippen LogP contribution in [-0.4, -0.2) is 20.7 Å². The van der Waals surface area contributed by atoms with Gasteiger partial charge in [-0.1, -0.05) is 24.3 Å². The number of aromatic nitrogens is 3. The minimum atomic E-state index is -0.265. The molecule has 1 aliphatic rings. The zero-order chi connectivity index (χ0) is 17.4. The van der Waals surface area contributed by atoms with Crippen molar-refractivity contribution >= 4 is 16.9 Å². The molecule has 1 aromatic carbocycles. The summed E-state index contributed by atoms with van der Waals surface area (Å²) in [5, 5.41) is 4.52. The molecule has 1 saturated carbocycles. The fraction of sp³-hybridized carbons (Fsp3) is 0.350. The Balaban J connectivity index is 1.77. The lowest BCUT2D eigenvalue weighted by atomic mass is 10.0. The van der Waals surface area contributed by atoms with Crippen molar-refractivity contribution in [1.29, 1.82) is 0 Å². The number of nitrogens with two attached hydrogens (primary N) is 1. The summed E-state index contributed by atoms with van der Waals surface area (Å²) in [5.74, 6) is 0.332. The second-order valence-electron chi connectivity index (χ2n) is 6.86. The first-order chi connectivity index (χ1) is 12.1. The normalized spacial score (nSPS) is 14.1. The molecule has 1 fully saturated rings. The molecule has 0 saturated heterocycles. The van der Waals surface area contributed by atoms with Gasteiger partial charge in [0.25, 0.3) is 0 Å². The van der Waals surface area contributed by atoms with Gasteiger partial charge in [0, 0.05) is 18.5 Å². The number of rotatable bonds is 6. The van der Waals surface area contributed by atoms with Gasteiger partial charge in [0.2, 0.25) is 5.91 Å². The molecule has 0 atom stereocenters. The van der Waals surface area contributed by atoms with E-state index >= 15 is 0 Å². The zero-order valence-electron chi connectivity index (χ0n) is 14.4. The first-order valence-electron chi connectivity index (χ1n) is 8.84. The van der Waals surface area contributed by atoms with E-state index in [2.05, 4.69) is 42.4 Å². The van der Waals surface area contributed by atoms with Crippen molar-refractivity contribution < 1.29 is 4.79 Å². The number of amides is 1. The molecular formula is C20H22N4O. The summed E-state index contributed by atoms with van der Waals surface area (Å²) in [7, 11) is 0. The smallest absolute Gasteiger partial charge is 0.217 e. The highest BCUT2D eigenvalue weighted by Crippen LogP contribution is 2.44. The second-order valence-corrected chi connectivity index (χ2v) is 6.86. The maximum absolute atomic E-state index is 11.0. The number of nitrogens with zero attached hydrogens (tertiary/aromatic N) is 3. The van der Waals surface area contributed by atoms with Crippen LogP contribution < -0.4 is 5.73 Å². The first-order valence-corrected chi connectivity index (χ1v) is 8.84. The van der Waals surface area contributed by atoms with E-state index in [0.29, 0.717) is 25.3 Å². The Kier molecular flexibility index (Phi) is 3.99. The van der Waals surface area contributed by atoms with Gasteiger partial charge in [0.15, 0.2) is 0 Å². The number of carbonyl (C=O) groups is 1. The van der Waals surface area contributed by atoms with Crippen molar-refractivity contribution in [1.82, 2.24) is 14.8 Å². The third-order valence-corrected chi connectivity index (χ3v) is 4.86. The standard InChI is InChI=1S/C20H22N4O/c1-13-5-2-3-6-15(13)17-11-16(14-8-9-14)20-18(23-17)12-22-24(20)10-4-7-19(21)25/h2-3,5-6,11-12,14H,4,7-10H2,1H3,(H2,21,25). The third-order valence-electron chi connectivity index (χ3n) is 4.86. The van der Waals surface area contributed by atoms with Gasteiger partial charge >= 0.3 is 0 Å². The van der Waals surface area contributed by atoms with E-state index in [9.17, 15) is 4.79 Å². The molecule has 0 radical (unpaired) electrons. The molecule has 2 heterocycles. The lowest BCUT2D eigenvalue weighted by Gasteiger charge is -2.11. The second kappa shape index (κ2) is 6.31. The lowest BCUT2D eigenvalue weighted by Crippen LogP contribution is -2.12. The van der Waals surface area contributed by atoms with Crippen molar-refractivity contribution in [3.05, 3.63) is 47.7 Å². The van der Waals surface area contributed by atoms with Gasteiger partial charge in [-0.2, -0.15) is 5.10 Å². The van der Waals surface area contributed by atoms with Gasteiger partial charge in [-0.3, -0.25) is 9.48 Å². The van der Waals surface area contributed by atoms with Crippen LogP contribution in [0.4, 0.5) is 0 Å². The largest absolute Gasteiger partial charge is 0.370 e. The average Bonchev–Trinajstić information content (AvgIpc) is 3.36. The van der Waals surface area contributed by atoms with E-state index in [1.165, 1.54) is 29.5 Å². The van der Waals surface area contributed by atoms with Crippen LogP contribution in [0.15, 0.2) is 36.5 Å². The molecule has 0 aliphatic heterocycles. The Morgan fingerprint density at radius 3 is 2.84 bits per heavy atom. The third kappa shape index (κ3) is 3.14. The highest BCUT2D eigenvalue weighted by atomic mass is 16.1. The Hall–Kier alpha value is -2.69. The molecule has 5 nitrogen and oxygen atoms in total. The minimum absolute atomic E-state index is 0.265. The number of aryl methyl sites for hydroxylation is 2. The number of carbonyl (C=O) groups excluding carboxylic acids is 1. The lowest BCUT2D eigenvalue weighted by molar-refractivity contribution is -0.118. The molecule has 0 spiro atoms. The summed E-state index contributed by atoms with van der Waals surface area (Å²) in [4.78, 5) is 15.9. The van der Waals surface area contributed by atoms with Crippen LogP contribution in [0.3, 0.4) is 0 Å². The first kappa shape index (κ1) is 15.8. The number of fused-ring (bicyclic) bond motifs is 1. The molecule has 1 aliphatic carbocycles. The molecule has 3 aromatic rings. The summed E-state index contributed by atoms with van der Waals surface area (Å²) >= 11 is 0. The van der Waals surface area contributed by atoms with E-state index < -0.39 is 0 Å². The summed E-state index contributed by atoms with van der Waals surface area (Å²) in [5.41, 5.74) is 12.0. The Bertz CT molecular complexity index is 940. The predicted octanol–water partition coefficient (Wildman–Crippen LogP) is 3.55. The van der Waals surface area contributed by atoms with Crippen LogP contribution in [0, 0.1) is 6.92 Å². The fourth-order valence-corrected chi connectivity index (χ4v) is 3.41. The number of hydrogen-bond donors (Lipinski definition) is 1. The molecule has 25 heavy (non-hydrogen) atoms. The Morgan fingerprint density at radius 2 is 2.12 bits per heavy atom. The number of benzene rings is 1. The number of primary amides is 1. The van der Waals surface area contributed by atoms with E-state index in [0.717, 1.165) is 16.7 Å². The maximum atomic E-state index is 11.0. The van der Waals surface area contributed by atoms with Crippen LogP contribution in [0.5, 0.6) is 0 Å². The fourth-order valence-electron chi connectivity index (χ4n) is 3.41. The van der Waals surface area contributed by atoms with E-state index in [1.807, 2.05) is 10.9 Å². The summed E-state index contributed by atoms with van der Waals surface area (Å²) < 4.78 is 1.99. The molecule has 128 valence electrons. The predicted molar refractivity (Wildman–Crippen MR) is 98.1 cm³/mol. The van der Waals surface area contributed by atoms with E-state index in [-0.39, 0.29) is 5.91 Å². The van der Waals surface area contributed by atoms with Crippen molar-refractivity contribution in [2.24, 2.45) is 5.73 Å². The highest BCUT2D eigenvalue weighted by Gasteiger charge is 2.28. The van der Waals surface area contributed by atoms with Crippen LogP contribution in [0.2, 0.25) is 0 Å². The maximum Gasteiger partial charge on any atom is 0.217 e. The van der Waals surface area contributed by atoms with Gasteiger partial charge in [-0.15, -0.1) is 0 Å². The average molecular weight is 334 g/mol. The summed E-state index contributed by atoms with van der Waals surface area (Å²) in [6, 6.07) is 10.6. The van der Waals surface area contributed by atoms with Gasteiger partial charge < -0.3 is 5.73 Å². The molecule has 5 heteroatoms. The van der Waals surface area contributed by atoms with Gasteiger partial charge in [-0.05, 0) is 49.3 Å². The zero-order valence-corrected chi connectivity index (χ0v) is 14.4. The molecule has 2 N–H and O–H groups in total. The van der Waals surface area contributed by atoms with Crippen LogP contribution in [0.1, 0.15) is 42.7 Å². The number of pyridine rings is 1. The molecular weight excluding hydrogens is 312 g/mol. The monoisotopic (exact) mass is 334 g/mol. The Labute approximate surface area is 146 Å². The molecule has 2 aromatic heterocycles. The molecule has 0 unspecified atom stereocenters. The van der Waals surface area contributed by atoms with Gasteiger partial charge in [-0.25, -0.2) is 4.98 Å². The van der Waals surface area contributed by atoms with Crippen LogP contribution in [-0.2, 0) is 11.3 Å². The Morgan fingerprint density at radius 1 is 1.32 bits per heavy atom. The van der Waals surface area contributed by atoms with Crippen molar-refractivity contribution in [3.8, 4) is 11.3 Å². The highest BCUT2D eigenvalue weighted by molar-refractivity contribution is 5.83. The quantitative estimate of drug-likeness (QED) is 0.749. The SMILES string of the molecule is Cc1ccccc1-c1cc(C2CC2)c2c(cnn2CCCC(N)=O)n1. The van der Waals surface area contributed by atoms with Crippen LogP contribution in [0.25, 0.3) is 22.3 Å². The summed E-state index contributed by atoms with van der Waals surface area (Å²) in [6.07, 6.45) is 5.37. The van der Waals surface area contributed by atoms with Gasteiger partial charge in [0.05, 0.1) is 17.4 Å². The molecule has 1 amide bonds. The van der Waals surface area contributed by atoms with Crippen LogP contribution >= 0.6 is 0 Å². The molecule has 4 rings (SSSR count). The van der Waals surface area contributed by atoms with Crippen molar-refractivity contribution in [3.63, 3.8) is 0 Å². The molecule has 0 bridgehead atoms.